The van der Waals surface area contributed by atoms with E-state index in [2.05, 4.69) is 51.1 Å². The third kappa shape index (κ3) is 11.2. The second kappa shape index (κ2) is 19.5. The molecular formula is C44H53N11O8S. The zero-order valence-electron chi connectivity index (χ0n) is 36.2. The summed E-state index contributed by atoms with van der Waals surface area (Å²) < 4.78 is 34.1. The maximum atomic E-state index is 13.3. The van der Waals surface area contributed by atoms with Gasteiger partial charge in [0.05, 0.1) is 35.8 Å². The summed E-state index contributed by atoms with van der Waals surface area (Å²) in [6, 6.07) is 18.4. The zero-order valence-corrected chi connectivity index (χ0v) is 37.0. The van der Waals surface area contributed by atoms with Crippen LogP contribution in [0.5, 0.6) is 0 Å². The molecule has 3 aliphatic rings. The monoisotopic (exact) mass is 895 g/mol. The molecule has 0 saturated carbocycles. The summed E-state index contributed by atoms with van der Waals surface area (Å²) in [5.74, 6) is -1.43. The van der Waals surface area contributed by atoms with Gasteiger partial charge in [-0.1, -0.05) is 12.1 Å². The van der Waals surface area contributed by atoms with Crippen LogP contribution in [0.25, 0.3) is 0 Å². The SMILES string of the molecule is Cc1cnc(Nc2ccc(N3CCN(CC(=O)NCCOCCNc4cccc5c4C(=O)N(C4CCC(=O)NC4=O)C5=O)CC3)cc2)nc1Nc1cccc(S(=O)(=O)NC(C)(C)C)c1. The predicted octanol–water partition coefficient (Wildman–Crippen LogP) is 3.12. The van der Waals surface area contributed by atoms with E-state index >= 15 is 0 Å². The molecular weight excluding hydrogens is 843 g/mol. The first-order chi connectivity index (χ1) is 30.5. The molecule has 19 nitrogen and oxygen atoms in total. The number of hydrogen-bond donors (Lipinski definition) is 6. The molecule has 3 aliphatic heterocycles. The van der Waals surface area contributed by atoms with Gasteiger partial charge in [-0.15, -0.1) is 0 Å². The molecule has 20 heteroatoms. The highest BCUT2D eigenvalue weighted by Crippen LogP contribution is 2.32. The smallest absolute Gasteiger partial charge is 0.264 e. The molecule has 2 saturated heterocycles. The lowest BCUT2D eigenvalue weighted by molar-refractivity contribution is -0.136. The highest BCUT2D eigenvalue weighted by molar-refractivity contribution is 7.89. The van der Waals surface area contributed by atoms with E-state index in [9.17, 15) is 32.4 Å². The average Bonchev–Trinajstić information content (AvgIpc) is 3.50. The molecule has 6 N–H and O–H groups in total. The number of piperidine rings is 1. The Kier molecular flexibility index (Phi) is 13.9. The molecule has 3 aromatic carbocycles. The van der Waals surface area contributed by atoms with E-state index in [1.54, 1.807) is 63.4 Å². The van der Waals surface area contributed by atoms with E-state index in [-0.39, 0.29) is 54.5 Å². The van der Waals surface area contributed by atoms with Crippen LogP contribution in [-0.2, 0) is 29.1 Å². The second-order valence-corrected chi connectivity index (χ2v) is 18.4. The van der Waals surface area contributed by atoms with Gasteiger partial charge >= 0.3 is 0 Å². The van der Waals surface area contributed by atoms with Crippen LogP contribution >= 0.6 is 0 Å². The van der Waals surface area contributed by atoms with Gasteiger partial charge in [0.15, 0.2) is 0 Å². The summed E-state index contributed by atoms with van der Waals surface area (Å²) in [6.07, 6.45) is 1.82. The van der Waals surface area contributed by atoms with Gasteiger partial charge < -0.3 is 30.9 Å². The van der Waals surface area contributed by atoms with Gasteiger partial charge in [-0.05, 0) is 88.7 Å². The second-order valence-electron chi connectivity index (χ2n) is 16.7. The number of aryl methyl sites for hydroxylation is 1. The maximum Gasteiger partial charge on any atom is 0.264 e. The summed E-state index contributed by atoms with van der Waals surface area (Å²) >= 11 is 0. The first-order valence-electron chi connectivity index (χ1n) is 21.1. The molecule has 5 amide bonds. The summed E-state index contributed by atoms with van der Waals surface area (Å²) in [4.78, 5) is 77.6. The van der Waals surface area contributed by atoms with Gasteiger partial charge in [0.1, 0.15) is 11.9 Å². The van der Waals surface area contributed by atoms with Crippen molar-refractivity contribution in [1.29, 1.82) is 0 Å². The lowest BCUT2D eigenvalue weighted by atomic mass is 10.0. The highest BCUT2D eigenvalue weighted by atomic mass is 32.2. The first-order valence-corrected chi connectivity index (χ1v) is 22.5. The van der Waals surface area contributed by atoms with Crippen molar-refractivity contribution in [2.45, 2.75) is 57.0 Å². The number of anilines is 6. The van der Waals surface area contributed by atoms with Crippen LogP contribution in [0.3, 0.4) is 0 Å². The number of fused-ring (bicyclic) bond motifs is 1. The van der Waals surface area contributed by atoms with Gasteiger partial charge in [-0.3, -0.25) is 39.1 Å². The number of amides is 5. The van der Waals surface area contributed by atoms with Gasteiger partial charge in [-0.2, -0.15) is 4.98 Å². The molecule has 0 spiro atoms. The van der Waals surface area contributed by atoms with Gasteiger partial charge in [0.2, 0.25) is 33.7 Å². The topological polar surface area (TPSA) is 236 Å². The molecule has 1 atom stereocenters. The molecule has 2 fully saturated rings. The Hall–Kier alpha value is -6.48. The highest BCUT2D eigenvalue weighted by Gasteiger charge is 2.45. The van der Waals surface area contributed by atoms with Crippen molar-refractivity contribution in [3.05, 3.63) is 89.6 Å². The molecule has 0 bridgehead atoms. The Morgan fingerprint density at radius 3 is 2.36 bits per heavy atom. The van der Waals surface area contributed by atoms with Gasteiger partial charge in [0, 0.05) is 85.7 Å². The third-order valence-corrected chi connectivity index (χ3v) is 12.4. The van der Waals surface area contributed by atoms with Crippen LogP contribution in [0.1, 0.15) is 59.9 Å². The van der Waals surface area contributed by atoms with Crippen molar-refractivity contribution in [3.63, 3.8) is 0 Å². The van der Waals surface area contributed by atoms with Crippen molar-refractivity contribution in [1.82, 2.24) is 35.1 Å². The van der Waals surface area contributed by atoms with E-state index in [4.69, 9.17) is 4.74 Å². The van der Waals surface area contributed by atoms with Gasteiger partial charge in [-0.25, -0.2) is 18.1 Å². The Bertz CT molecular complexity index is 2520. The number of carbonyl (C=O) groups excluding carboxylic acids is 5. The average molecular weight is 896 g/mol. The number of sulfonamides is 1. The minimum atomic E-state index is -3.72. The lowest BCUT2D eigenvalue weighted by Gasteiger charge is -2.35. The Balaban J connectivity index is 0.797. The zero-order chi connectivity index (χ0) is 45.6. The van der Waals surface area contributed by atoms with Crippen LogP contribution in [0.2, 0.25) is 0 Å². The predicted molar refractivity (Wildman–Crippen MR) is 240 cm³/mol. The molecule has 0 aliphatic carbocycles. The van der Waals surface area contributed by atoms with Crippen LogP contribution in [-0.4, -0.2) is 128 Å². The maximum absolute atomic E-state index is 13.3. The third-order valence-electron chi connectivity index (χ3n) is 10.6. The minimum Gasteiger partial charge on any atom is -0.382 e. The molecule has 7 rings (SSSR count). The summed E-state index contributed by atoms with van der Waals surface area (Å²) in [7, 11) is -3.72. The molecule has 1 unspecified atom stereocenters. The van der Waals surface area contributed by atoms with E-state index in [0.717, 1.165) is 34.9 Å². The first kappa shape index (κ1) is 45.5. The fraction of sp³-hybridized carbons (Fsp3) is 0.386. The Morgan fingerprint density at radius 2 is 1.62 bits per heavy atom. The molecule has 1 aromatic heterocycles. The lowest BCUT2D eigenvalue weighted by Crippen LogP contribution is -2.54. The molecule has 4 heterocycles. The number of aromatic nitrogens is 2. The van der Waals surface area contributed by atoms with Crippen LogP contribution in [0, 0.1) is 6.92 Å². The number of rotatable bonds is 17. The number of nitrogens with zero attached hydrogens (tertiary/aromatic N) is 5. The van der Waals surface area contributed by atoms with Crippen molar-refractivity contribution in [3.8, 4) is 0 Å². The number of hydrogen-bond acceptors (Lipinski definition) is 15. The Labute approximate surface area is 371 Å². The van der Waals surface area contributed by atoms with Crippen LogP contribution in [0.4, 0.5) is 34.5 Å². The summed E-state index contributed by atoms with van der Waals surface area (Å²) in [5, 5.41) is 14.7. The van der Waals surface area contributed by atoms with Crippen LogP contribution < -0.4 is 36.2 Å². The normalized spacial score (nSPS) is 17.0. The quantitative estimate of drug-likeness (QED) is 0.0660. The molecule has 338 valence electrons. The standard InChI is InChI=1S/C44H53N11O8S/c1-28-26-47-43(51-39(28)48-30-7-5-8-32(25-30)64(61,62)52-44(2,3)4)49-29-11-13-31(14-12-29)54-21-19-53(20-22-54)27-37(57)46-18-24-63-23-17-45-34-10-6-9-33-38(34)42(60)55(41(33)59)35-15-16-36(56)50-40(35)58/h5-14,25-26,35,45,52H,15-24,27H2,1-4H3,(H,46,57)(H,50,56,58)(H2,47,48,49,51). The fourth-order valence-corrected chi connectivity index (χ4v) is 9.03. The van der Waals surface area contributed by atoms with Crippen molar-refractivity contribution >= 4 is 74.1 Å². The summed E-state index contributed by atoms with van der Waals surface area (Å²) in [6.45, 7) is 11.7. The molecule has 4 aromatic rings. The van der Waals surface area contributed by atoms with Crippen molar-refractivity contribution < 1.29 is 37.1 Å². The van der Waals surface area contributed by atoms with E-state index in [0.29, 0.717) is 49.3 Å². The fourth-order valence-electron chi connectivity index (χ4n) is 7.56. The number of ether oxygens (including phenoxy) is 1. The van der Waals surface area contributed by atoms with Crippen molar-refractivity contribution in [2.24, 2.45) is 0 Å². The van der Waals surface area contributed by atoms with Gasteiger partial charge in [0.25, 0.3) is 11.8 Å². The summed E-state index contributed by atoms with van der Waals surface area (Å²) in [5.41, 5.74) is 3.40. The van der Waals surface area contributed by atoms with Crippen molar-refractivity contribution in [2.75, 3.05) is 79.9 Å². The number of nitrogens with one attached hydrogen (secondary N) is 6. The molecule has 64 heavy (non-hydrogen) atoms. The number of benzene rings is 3. The number of imide groups is 2. The molecule has 0 radical (unpaired) electrons. The van der Waals surface area contributed by atoms with E-state index < -0.39 is 45.2 Å². The Morgan fingerprint density at radius 1 is 0.891 bits per heavy atom. The number of carbonyl (C=O) groups is 5. The van der Waals surface area contributed by atoms with E-state index in [1.165, 1.54) is 6.07 Å². The van der Waals surface area contributed by atoms with Crippen LogP contribution in [0.15, 0.2) is 77.8 Å². The minimum absolute atomic E-state index is 0.0466. The van der Waals surface area contributed by atoms with E-state index in [1.807, 2.05) is 31.2 Å². The largest absolute Gasteiger partial charge is 0.382 e. The number of piperazine rings is 1.